The molecule has 25 heavy (non-hydrogen) atoms. The maximum Gasteiger partial charge on any atom is 0.262 e. The molecule has 1 atom stereocenters. The normalized spacial score (nSPS) is 25.7. The highest BCUT2D eigenvalue weighted by Gasteiger charge is 2.70. The average Bonchev–Trinajstić information content (AvgIpc) is 3.40. The van der Waals surface area contributed by atoms with Crippen LogP contribution in [0, 0.1) is 5.41 Å². The summed E-state index contributed by atoms with van der Waals surface area (Å²) in [7, 11) is 1.68. The number of aromatic nitrogens is 2. The summed E-state index contributed by atoms with van der Waals surface area (Å²) in [6.07, 6.45) is 6.80. The largest absolute Gasteiger partial charge is 0.492 e. The number of carbonyl (C=O) groups excluding carboxylic acids is 1. The van der Waals surface area contributed by atoms with Crippen molar-refractivity contribution in [1.29, 1.82) is 0 Å². The number of fused-ring (bicyclic) bond motifs is 3. The quantitative estimate of drug-likeness (QED) is 0.848. The third-order valence-corrected chi connectivity index (χ3v) is 5.63. The number of likely N-dealkylation sites (N-methyl/N-ethyl adjacent to an activating group) is 1. The van der Waals surface area contributed by atoms with E-state index in [1.807, 2.05) is 18.2 Å². The molecule has 1 saturated carbocycles. The lowest BCUT2D eigenvalue weighted by molar-refractivity contribution is -0.134. The molecule has 5 rings (SSSR count). The Morgan fingerprint density at radius 1 is 1.20 bits per heavy atom. The number of rotatable bonds is 1. The summed E-state index contributed by atoms with van der Waals surface area (Å²) in [6.45, 7) is 0.490. The lowest BCUT2D eigenvalue weighted by Gasteiger charge is -2.39. The lowest BCUT2D eigenvalue weighted by Crippen LogP contribution is -2.50. The van der Waals surface area contributed by atoms with Gasteiger partial charge in [-0.25, -0.2) is 15.0 Å². The predicted octanol–water partition coefficient (Wildman–Crippen LogP) is 1.30. The van der Waals surface area contributed by atoms with Gasteiger partial charge in [-0.15, -0.1) is 0 Å². The molecule has 0 saturated heterocycles. The first-order chi connectivity index (χ1) is 12.1. The first kappa shape index (κ1) is 14.4. The van der Waals surface area contributed by atoms with Gasteiger partial charge in [0.2, 0.25) is 0 Å². The van der Waals surface area contributed by atoms with E-state index in [-0.39, 0.29) is 17.3 Å². The van der Waals surface area contributed by atoms with E-state index in [0.29, 0.717) is 12.4 Å². The fourth-order valence-electron chi connectivity index (χ4n) is 3.99. The molecule has 1 unspecified atom stereocenters. The zero-order valence-electron chi connectivity index (χ0n) is 13.8. The number of carbonyl (C=O) groups is 1. The Bertz CT molecular complexity index is 922. The minimum atomic E-state index is -0.981. The van der Waals surface area contributed by atoms with Crippen LogP contribution in [-0.2, 0) is 10.3 Å². The van der Waals surface area contributed by atoms with Crippen LogP contribution in [-0.4, -0.2) is 40.4 Å². The summed E-state index contributed by atoms with van der Waals surface area (Å²) in [5, 5.41) is 0. The fraction of sp³-hybridized carbons (Fsp3) is 0.333. The minimum absolute atomic E-state index is 0.0755. The second-order valence-electron chi connectivity index (χ2n) is 6.95. The Balaban J connectivity index is 1.75. The van der Waals surface area contributed by atoms with Crippen molar-refractivity contribution in [3.63, 3.8) is 0 Å². The highest BCUT2D eigenvalue weighted by molar-refractivity contribution is 6.08. The van der Waals surface area contributed by atoms with E-state index in [1.54, 1.807) is 19.4 Å². The number of amides is 1. The molecule has 7 heteroatoms. The second kappa shape index (κ2) is 4.56. The molecule has 0 radical (unpaired) electrons. The van der Waals surface area contributed by atoms with Crippen molar-refractivity contribution >= 4 is 11.9 Å². The number of ether oxygens (including phenoxy) is 1. The Morgan fingerprint density at radius 2 is 1.96 bits per heavy atom. The van der Waals surface area contributed by atoms with Crippen molar-refractivity contribution in [3.8, 4) is 16.9 Å². The van der Waals surface area contributed by atoms with E-state index >= 15 is 0 Å². The molecule has 1 aromatic heterocycles. The van der Waals surface area contributed by atoms with Crippen molar-refractivity contribution in [2.24, 2.45) is 16.1 Å². The van der Waals surface area contributed by atoms with Gasteiger partial charge in [-0.1, -0.05) is 6.07 Å². The summed E-state index contributed by atoms with van der Waals surface area (Å²) in [5.41, 5.74) is 7.34. The average molecular weight is 335 g/mol. The van der Waals surface area contributed by atoms with Crippen LogP contribution in [0.15, 0.2) is 41.9 Å². The van der Waals surface area contributed by atoms with Crippen molar-refractivity contribution in [3.05, 3.63) is 42.5 Å². The van der Waals surface area contributed by atoms with Gasteiger partial charge in [0.05, 0.1) is 6.61 Å². The Hall–Kier alpha value is -2.96. The molecule has 2 aromatic rings. The zero-order chi connectivity index (χ0) is 17.2. The zero-order valence-corrected chi connectivity index (χ0v) is 13.8. The van der Waals surface area contributed by atoms with E-state index in [2.05, 4.69) is 9.97 Å². The molecule has 1 fully saturated rings. The molecule has 0 bridgehead atoms. The van der Waals surface area contributed by atoms with Gasteiger partial charge >= 0.3 is 0 Å². The Morgan fingerprint density at radius 3 is 2.60 bits per heavy atom. The molecule has 3 heterocycles. The lowest BCUT2D eigenvalue weighted by atomic mass is 9.73. The molecule has 3 aliphatic rings. The van der Waals surface area contributed by atoms with Crippen molar-refractivity contribution in [1.82, 2.24) is 14.9 Å². The van der Waals surface area contributed by atoms with Gasteiger partial charge in [-0.3, -0.25) is 9.69 Å². The topological polar surface area (TPSA) is 93.7 Å². The van der Waals surface area contributed by atoms with Gasteiger partial charge in [0.1, 0.15) is 12.1 Å². The SMILES string of the molecule is CN1C(=O)C2(N=C1N)c1cc(-c3cncnc3)ccc1OCC21CC1. The van der Waals surface area contributed by atoms with Crippen LogP contribution < -0.4 is 10.5 Å². The highest BCUT2D eigenvalue weighted by Crippen LogP contribution is 2.65. The summed E-state index contributed by atoms with van der Waals surface area (Å²) < 4.78 is 5.99. The van der Waals surface area contributed by atoms with Gasteiger partial charge in [-0.05, 0) is 30.5 Å². The molecule has 2 spiro atoms. The summed E-state index contributed by atoms with van der Waals surface area (Å²) >= 11 is 0. The first-order valence-electron chi connectivity index (χ1n) is 8.24. The van der Waals surface area contributed by atoms with Crippen LogP contribution >= 0.6 is 0 Å². The highest BCUT2D eigenvalue weighted by atomic mass is 16.5. The van der Waals surface area contributed by atoms with Crippen LogP contribution in [0.4, 0.5) is 0 Å². The van der Waals surface area contributed by atoms with Crippen molar-refractivity contribution in [2.45, 2.75) is 18.4 Å². The van der Waals surface area contributed by atoms with E-state index in [0.717, 1.165) is 29.5 Å². The molecular formula is C18H17N5O2. The van der Waals surface area contributed by atoms with Crippen LogP contribution in [0.25, 0.3) is 11.1 Å². The van der Waals surface area contributed by atoms with Gasteiger partial charge in [0.15, 0.2) is 11.5 Å². The van der Waals surface area contributed by atoms with Crippen LogP contribution in [0.3, 0.4) is 0 Å². The number of aliphatic imine (C=N–C) groups is 1. The molecule has 1 aliphatic carbocycles. The smallest absolute Gasteiger partial charge is 0.262 e. The number of hydrogen-bond acceptors (Lipinski definition) is 6. The van der Waals surface area contributed by atoms with Crippen LogP contribution in [0.2, 0.25) is 0 Å². The molecule has 126 valence electrons. The van der Waals surface area contributed by atoms with Crippen molar-refractivity contribution < 1.29 is 9.53 Å². The molecule has 2 aliphatic heterocycles. The van der Waals surface area contributed by atoms with Crippen molar-refractivity contribution in [2.75, 3.05) is 13.7 Å². The number of hydrogen-bond donors (Lipinski definition) is 1. The predicted molar refractivity (Wildman–Crippen MR) is 90.7 cm³/mol. The van der Waals surface area contributed by atoms with Gasteiger partial charge in [0.25, 0.3) is 5.91 Å². The fourth-order valence-corrected chi connectivity index (χ4v) is 3.99. The van der Waals surface area contributed by atoms with E-state index in [1.165, 1.54) is 11.2 Å². The molecule has 1 amide bonds. The number of benzene rings is 1. The molecule has 7 nitrogen and oxygen atoms in total. The molecule has 2 N–H and O–H groups in total. The third-order valence-electron chi connectivity index (χ3n) is 5.63. The maximum atomic E-state index is 13.2. The van der Waals surface area contributed by atoms with E-state index in [9.17, 15) is 4.79 Å². The summed E-state index contributed by atoms with van der Waals surface area (Å²) in [5.74, 6) is 0.879. The maximum absolute atomic E-state index is 13.2. The summed E-state index contributed by atoms with van der Waals surface area (Å²) in [4.78, 5) is 27.5. The van der Waals surface area contributed by atoms with Gasteiger partial charge in [-0.2, -0.15) is 0 Å². The van der Waals surface area contributed by atoms with Crippen LogP contribution in [0.5, 0.6) is 5.75 Å². The second-order valence-corrected chi connectivity index (χ2v) is 6.95. The molecular weight excluding hydrogens is 318 g/mol. The van der Waals surface area contributed by atoms with E-state index < -0.39 is 5.54 Å². The minimum Gasteiger partial charge on any atom is -0.492 e. The molecule has 1 aromatic carbocycles. The monoisotopic (exact) mass is 335 g/mol. The Labute approximate surface area is 144 Å². The van der Waals surface area contributed by atoms with E-state index in [4.69, 9.17) is 15.5 Å². The first-order valence-corrected chi connectivity index (χ1v) is 8.24. The number of nitrogens with two attached hydrogens (primary N) is 1. The van der Waals surface area contributed by atoms with Gasteiger partial charge < -0.3 is 10.5 Å². The number of nitrogens with zero attached hydrogens (tertiary/aromatic N) is 4. The third kappa shape index (κ3) is 1.70. The standard InChI is InChI=1S/C18H17N5O2/c1-23-15(24)18(22-16(23)19)13-6-11(12-7-20-10-21-8-12)2-3-14(13)25-9-17(18)4-5-17/h2-3,6-8,10H,4-5,9H2,1H3,(H2,19,22). The number of guanidine groups is 1. The summed E-state index contributed by atoms with van der Waals surface area (Å²) in [6, 6.07) is 5.82. The Kier molecular flexibility index (Phi) is 2.63. The van der Waals surface area contributed by atoms with Gasteiger partial charge in [0, 0.05) is 36.0 Å². The van der Waals surface area contributed by atoms with Crippen LogP contribution in [0.1, 0.15) is 18.4 Å².